The third-order valence-corrected chi connectivity index (χ3v) is 3.25. The SMILES string of the molecule is CNC(CC(=O)OC)c1ccc(C(C)C)cc1OC. The third-order valence-electron chi connectivity index (χ3n) is 3.25. The highest BCUT2D eigenvalue weighted by Gasteiger charge is 2.19. The summed E-state index contributed by atoms with van der Waals surface area (Å²) in [6.45, 7) is 4.27. The molecular formula is C15H23NO3. The van der Waals surface area contributed by atoms with Gasteiger partial charge in [0.2, 0.25) is 0 Å². The van der Waals surface area contributed by atoms with Crippen molar-refractivity contribution in [1.82, 2.24) is 5.32 Å². The number of esters is 1. The molecule has 0 aromatic heterocycles. The molecule has 0 heterocycles. The second-order valence-corrected chi connectivity index (χ2v) is 4.78. The zero-order valence-corrected chi connectivity index (χ0v) is 12.3. The van der Waals surface area contributed by atoms with Crippen LogP contribution >= 0.6 is 0 Å². The van der Waals surface area contributed by atoms with E-state index in [0.717, 1.165) is 11.3 Å². The van der Waals surface area contributed by atoms with Crippen LogP contribution in [0.2, 0.25) is 0 Å². The van der Waals surface area contributed by atoms with Crippen LogP contribution in [-0.4, -0.2) is 27.2 Å². The lowest BCUT2D eigenvalue weighted by Crippen LogP contribution is -2.21. The summed E-state index contributed by atoms with van der Waals surface area (Å²) in [6.07, 6.45) is 0.282. The first-order valence-corrected chi connectivity index (χ1v) is 6.45. The van der Waals surface area contributed by atoms with Gasteiger partial charge in [0.1, 0.15) is 5.75 Å². The maximum atomic E-state index is 11.4. The van der Waals surface area contributed by atoms with Crippen molar-refractivity contribution in [3.05, 3.63) is 29.3 Å². The van der Waals surface area contributed by atoms with Crippen LogP contribution in [0, 0.1) is 0 Å². The van der Waals surface area contributed by atoms with Crippen molar-refractivity contribution in [2.75, 3.05) is 21.3 Å². The summed E-state index contributed by atoms with van der Waals surface area (Å²) < 4.78 is 10.2. The fourth-order valence-electron chi connectivity index (χ4n) is 1.99. The summed E-state index contributed by atoms with van der Waals surface area (Å²) in [5.74, 6) is 1.00. The number of benzene rings is 1. The molecular weight excluding hydrogens is 242 g/mol. The smallest absolute Gasteiger partial charge is 0.307 e. The van der Waals surface area contributed by atoms with E-state index in [1.807, 2.05) is 19.2 Å². The second-order valence-electron chi connectivity index (χ2n) is 4.78. The molecule has 0 fully saturated rings. The summed E-state index contributed by atoms with van der Waals surface area (Å²) in [5.41, 5.74) is 2.19. The minimum absolute atomic E-state index is 0.108. The average molecular weight is 265 g/mol. The topological polar surface area (TPSA) is 47.6 Å². The van der Waals surface area contributed by atoms with E-state index in [-0.39, 0.29) is 18.4 Å². The van der Waals surface area contributed by atoms with Gasteiger partial charge in [0, 0.05) is 11.6 Å². The Morgan fingerprint density at radius 2 is 2.00 bits per heavy atom. The van der Waals surface area contributed by atoms with Gasteiger partial charge in [-0.2, -0.15) is 0 Å². The highest BCUT2D eigenvalue weighted by Crippen LogP contribution is 2.30. The lowest BCUT2D eigenvalue weighted by molar-refractivity contribution is -0.141. The van der Waals surface area contributed by atoms with Gasteiger partial charge in [-0.25, -0.2) is 0 Å². The van der Waals surface area contributed by atoms with Crippen molar-refractivity contribution in [3.8, 4) is 5.75 Å². The maximum absolute atomic E-state index is 11.4. The minimum atomic E-state index is -0.241. The predicted octanol–water partition coefficient (Wildman–Crippen LogP) is 2.64. The molecule has 0 saturated heterocycles. The molecule has 0 saturated carbocycles. The average Bonchev–Trinajstić information content (AvgIpc) is 2.43. The van der Waals surface area contributed by atoms with Crippen LogP contribution in [0.15, 0.2) is 18.2 Å². The molecule has 4 heteroatoms. The maximum Gasteiger partial charge on any atom is 0.307 e. The summed E-state index contributed by atoms with van der Waals surface area (Å²) in [4.78, 5) is 11.4. The number of hydrogen-bond donors (Lipinski definition) is 1. The van der Waals surface area contributed by atoms with Gasteiger partial charge in [0.15, 0.2) is 0 Å². The molecule has 0 bridgehead atoms. The summed E-state index contributed by atoms with van der Waals surface area (Å²) >= 11 is 0. The second kappa shape index (κ2) is 7.14. The van der Waals surface area contributed by atoms with E-state index < -0.39 is 0 Å². The number of carbonyl (C=O) groups excluding carboxylic acids is 1. The molecule has 1 atom stereocenters. The van der Waals surface area contributed by atoms with Gasteiger partial charge in [-0.05, 0) is 24.6 Å². The summed E-state index contributed by atoms with van der Waals surface area (Å²) in [7, 11) is 4.87. The van der Waals surface area contributed by atoms with Gasteiger partial charge in [0.25, 0.3) is 0 Å². The zero-order chi connectivity index (χ0) is 14.4. The molecule has 1 aromatic carbocycles. The first-order chi connectivity index (χ1) is 9.03. The van der Waals surface area contributed by atoms with E-state index in [2.05, 4.69) is 25.2 Å². The van der Waals surface area contributed by atoms with Crippen LogP contribution in [-0.2, 0) is 9.53 Å². The molecule has 1 unspecified atom stereocenters. The van der Waals surface area contributed by atoms with Crippen LogP contribution in [0.5, 0.6) is 5.75 Å². The van der Waals surface area contributed by atoms with Gasteiger partial charge in [0.05, 0.1) is 20.6 Å². The molecule has 1 N–H and O–H groups in total. The Labute approximate surface area is 115 Å². The Hall–Kier alpha value is -1.55. The van der Waals surface area contributed by atoms with Crippen LogP contribution < -0.4 is 10.1 Å². The molecule has 0 aliphatic heterocycles. The predicted molar refractivity (Wildman–Crippen MR) is 75.5 cm³/mol. The monoisotopic (exact) mass is 265 g/mol. The highest BCUT2D eigenvalue weighted by atomic mass is 16.5. The molecule has 0 radical (unpaired) electrons. The van der Waals surface area contributed by atoms with Crippen molar-refractivity contribution in [2.24, 2.45) is 0 Å². The molecule has 0 amide bonds. The fraction of sp³-hybridized carbons (Fsp3) is 0.533. The van der Waals surface area contributed by atoms with Crippen LogP contribution in [0.3, 0.4) is 0 Å². The Morgan fingerprint density at radius 1 is 1.32 bits per heavy atom. The number of hydrogen-bond acceptors (Lipinski definition) is 4. The Morgan fingerprint density at radius 3 is 2.47 bits per heavy atom. The first-order valence-electron chi connectivity index (χ1n) is 6.45. The van der Waals surface area contributed by atoms with E-state index in [1.54, 1.807) is 7.11 Å². The lowest BCUT2D eigenvalue weighted by atomic mass is 9.96. The quantitative estimate of drug-likeness (QED) is 0.803. The Kier molecular flexibility index (Phi) is 5.83. The molecule has 106 valence electrons. The van der Waals surface area contributed by atoms with Crippen LogP contribution in [0.4, 0.5) is 0 Å². The lowest BCUT2D eigenvalue weighted by Gasteiger charge is -2.20. The van der Waals surface area contributed by atoms with Gasteiger partial charge in [-0.3, -0.25) is 4.79 Å². The van der Waals surface area contributed by atoms with E-state index in [1.165, 1.54) is 12.7 Å². The van der Waals surface area contributed by atoms with Crippen molar-refractivity contribution < 1.29 is 14.3 Å². The van der Waals surface area contributed by atoms with Gasteiger partial charge >= 0.3 is 5.97 Å². The Bertz CT molecular complexity index is 429. The molecule has 0 spiro atoms. The first kappa shape index (κ1) is 15.5. The summed E-state index contributed by atoms with van der Waals surface area (Å²) in [5, 5.41) is 3.13. The standard InChI is InChI=1S/C15H23NO3/c1-10(2)11-6-7-12(14(8-11)18-4)13(16-3)9-15(17)19-5/h6-8,10,13,16H,9H2,1-5H3. The molecule has 1 rings (SSSR count). The molecule has 0 aliphatic carbocycles. The molecule has 19 heavy (non-hydrogen) atoms. The van der Waals surface area contributed by atoms with Crippen molar-refractivity contribution in [3.63, 3.8) is 0 Å². The van der Waals surface area contributed by atoms with E-state index in [4.69, 9.17) is 9.47 Å². The normalized spacial score (nSPS) is 12.3. The number of carbonyl (C=O) groups is 1. The largest absolute Gasteiger partial charge is 0.496 e. The van der Waals surface area contributed by atoms with E-state index in [9.17, 15) is 4.79 Å². The van der Waals surface area contributed by atoms with Gasteiger partial charge in [-0.15, -0.1) is 0 Å². The van der Waals surface area contributed by atoms with Crippen molar-refractivity contribution in [2.45, 2.75) is 32.2 Å². The number of nitrogens with one attached hydrogen (secondary N) is 1. The Balaban J connectivity index is 3.06. The molecule has 4 nitrogen and oxygen atoms in total. The fourth-order valence-corrected chi connectivity index (χ4v) is 1.99. The van der Waals surface area contributed by atoms with Gasteiger partial charge in [-0.1, -0.05) is 26.0 Å². The van der Waals surface area contributed by atoms with E-state index >= 15 is 0 Å². The number of methoxy groups -OCH3 is 2. The summed E-state index contributed by atoms with van der Waals surface area (Å²) in [6, 6.07) is 6.01. The molecule has 1 aromatic rings. The third kappa shape index (κ3) is 3.96. The molecule has 0 aliphatic rings. The highest BCUT2D eigenvalue weighted by molar-refractivity contribution is 5.70. The number of rotatable bonds is 6. The van der Waals surface area contributed by atoms with E-state index in [0.29, 0.717) is 5.92 Å². The van der Waals surface area contributed by atoms with Crippen LogP contribution in [0.1, 0.15) is 43.4 Å². The van der Waals surface area contributed by atoms with Crippen molar-refractivity contribution >= 4 is 5.97 Å². The number of ether oxygens (including phenoxy) is 2. The zero-order valence-electron chi connectivity index (χ0n) is 12.3. The minimum Gasteiger partial charge on any atom is -0.496 e. The van der Waals surface area contributed by atoms with Gasteiger partial charge < -0.3 is 14.8 Å². The van der Waals surface area contributed by atoms with Crippen molar-refractivity contribution in [1.29, 1.82) is 0 Å². The van der Waals surface area contributed by atoms with Crippen LogP contribution in [0.25, 0.3) is 0 Å².